The van der Waals surface area contributed by atoms with E-state index in [0.29, 0.717) is 13.0 Å². The van der Waals surface area contributed by atoms with Gasteiger partial charge in [0, 0.05) is 12.4 Å². The highest BCUT2D eigenvalue weighted by atomic mass is 16.2. The number of hydrogen-bond acceptors (Lipinski definition) is 3. The largest absolute Gasteiger partial charge is 0.325 e. The van der Waals surface area contributed by atoms with E-state index in [9.17, 15) is 9.59 Å². The highest BCUT2D eigenvalue weighted by Gasteiger charge is 2.47. The minimum absolute atomic E-state index is 0.228. The molecule has 1 unspecified atom stereocenters. The zero-order valence-electron chi connectivity index (χ0n) is 9.93. The average molecular weight is 233 g/mol. The molecule has 0 aliphatic carbocycles. The summed E-state index contributed by atoms with van der Waals surface area (Å²) in [6, 6.07) is 3.37. The van der Waals surface area contributed by atoms with E-state index in [1.165, 1.54) is 0 Å². The molecule has 2 heterocycles. The van der Waals surface area contributed by atoms with Gasteiger partial charge in [0.2, 0.25) is 0 Å². The number of aromatic nitrogens is 1. The molecule has 5 heteroatoms. The van der Waals surface area contributed by atoms with Crippen LogP contribution in [0.4, 0.5) is 4.79 Å². The van der Waals surface area contributed by atoms with Crippen molar-refractivity contribution in [2.45, 2.75) is 32.4 Å². The first-order valence-corrected chi connectivity index (χ1v) is 5.60. The van der Waals surface area contributed by atoms with Gasteiger partial charge in [0.05, 0.1) is 6.54 Å². The molecule has 1 saturated heterocycles. The molecular formula is C12H15N3O2. The van der Waals surface area contributed by atoms with Crippen LogP contribution < -0.4 is 5.32 Å². The molecule has 5 nitrogen and oxygen atoms in total. The highest BCUT2D eigenvalue weighted by molar-refractivity contribution is 6.06. The van der Waals surface area contributed by atoms with Crippen molar-refractivity contribution in [2.24, 2.45) is 0 Å². The van der Waals surface area contributed by atoms with Crippen LogP contribution in [0.2, 0.25) is 0 Å². The number of nitrogens with one attached hydrogen (secondary N) is 1. The Kier molecular flexibility index (Phi) is 2.83. The Morgan fingerprint density at radius 3 is 2.82 bits per heavy atom. The molecule has 1 aliphatic rings. The third-order valence-electron chi connectivity index (χ3n) is 3.30. The van der Waals surface area contributed by atoms with Crippen LogP contribution in [0.1, 0.15) is 25.8 Å². The Morgan fingerprint density at radius 1 is 1.47 bits per heavy atom. The topological polar surface area (TPSA) is 62.3 Å². The predicted molar refractivity (Wildman–Crippen MR) is 62.0 cm³/mol. The van der Waals surface area contributed by atoms with Crippen LogP contribution in [0, 0.1) is 0 Å². The molecule has 17 heavy (non-hydrogen) atoms. The van der Waals surface area contributed by atoms with E-state index in [-0.39, 0.29) is 11.9 Å². The number of pyridine rings is 1. The summed E-state index contributed by atoms with van der Waals surface area (Å²) in [4.78, 5) is 29.0. The molecule has 0 radical (unpaired) electrons. The maximum absolute atomic E-state index is 11.7. The van der Waals surface area contributed by atoms with Crippen LogP contribution in [0.5, 0.6) is 0 Å². The molecule has 2 rings (SSSR count). The van der Waals surface area contributed by atoms with Gasteiger partial charge >= 0.3 is 6.03 Å². The van der Waals surface area contributed by atoms with Gasteiger partial charge in [-0.3, -0.25) is 15.1 Å². The number of rotatable bonds is 3. The number of urea groups is 1. The van der Waals surface area contributed by atoms with E-state index < -0.39 is 5.54 Å². The van der Waals surface area contributed by atoms with Crippen molar-refractivity contribution >= 4 is 11.9 Å². The van der Waals surface area contributed by atoms with E-state index in [1.807, 2.05) is 19.1 Å². The van der Waals surface area contributed by atoms with Crippen LogP contribution in [-0.4, -0.2) is 27.4 Å². The first kappa shape index (κ1) is 11.6. The van der Waals surface area contributed by atoms with E-state index in [2.05, 4.69) is 10.3 Å². The number of amides is 3. The van der Waals surface area contributed by atoms with Crippen LogP contribution in [-0.2, 0) is 11.3 Å². The summed E-state index contributed by atoms with van der Waals surface area (Å²) in [7, 11) is 0. The molecule has 0 spiro atoms. The Hall–Kier alpha value is -1.91. The second-order valence-corrected chi connectivity index (χ2v) is 4.33. The van der Waals surface area contributed by atoms with Crippen molar-refractivity contribution in [3.05, 3.63) is 30.1 Å². The fraction of sp³-hybridized carbons (Fsp3) is 0.417. The van der Waals surface area contributed by atoms with Gasteiger partial charge in [-0.2, -0.15) is 0 Å². The lowest BCUT2D eigenvalue weighted by Crippen LogP contribution is -2.45. The third kappa shape index (κ3) is 1.88. The molecule has 1 N–H and O–H groups in total. The molecule has 0 bridgehead atoms. The van der Waals surface area contributed by atoms with Crippen molar-refractivity contribution in [1.29, 1.82) is 0 Å². The van der Waals surface area contributed by atoms with Crippen molar-refractivity contribution < 1.29 is 9.59 Å². The molecular weight excluding hydrogens is 218 g/mol. The van der Waals surface area contributed by atoms with E-state index in [0.717, 1.165) is 5.56 Å². The van der Waals surface area contributed by atoms with Gasteiger partial charge in [-0.25, -0.2) is 4.79 Å². The van der Waals surface area contributed by atoms with Gasteiger partial charge in [-0.05, 0) is 25.0 Å². The van der Waals surface area contributed by atoms with Gasteiger partial charge in [0.15, 0.2) is 0 Å². The summed E-state index contributed by atoms with van der Waals surface area (Å²) in [5.74, 6) is -0.228. The first-order valence-electron chi connectivity index (χ1n) is 5.60. The van der Waals surface area contributed by atoms with Crippen LogP contribution in [0.3, 0.4) is 0 Å². The van der Waals surface area contributed by atoms with Gasteiger partial charge in [0.25, 0.3) is 5.91 Å². The third-order valence-corrected chi connectivity index (χ3v) is 3.30. The summed E-state index contributed by atoms with van der Waals surface area (Å²) in [6.07, 6.45) is 3.97. The van der Waals surface area contributed by atoms with Gasteiger partial charge < -0.3 is 4.90 Å². The van der Waals surface area contributed by atoms with Crippen LogP contribution >= 0.6 is 0 Å². The van der Waals surface area contributed by atoms with E-state index in [4.69, 9.17) is 0 Å². The molecule has 1 atom stereocenters. The first-order chi connectivity index (χ1) is 8.08. The second-order valence-electron chi connectivity index (χ2n) is 4.33. The van der Waals surface area contributed by atoms with Gasteiger partial charge in [-0.15, -0.1) is 0 Å². The Balaban J connectivity index is 2.25. The molecule has 0 aromatic carbocycles. The zero-order chi connectivity index (χ0) is 12.5. The lowest BCUT2D eigenvalue weighted by Gasteiger charge is -2.30. The van der Waals surface area contributed by atoms with Crippen LogP contribution in [0.25, 0.3) is 0 Å². The van der Waals surface area contributed by atoms with Crippen molar-refractivity contribution in [3.63, 3.8) is 0 Å². The smallest absolute Gasteiger partial charge is 0.306 e. The summed E-state index contributed by atoms with van der Waals surface area (Å²) in [6.45, 7) is 4.08. The summed E-state index contributed by atoms with van der Waals surface area (Å²) < 4.78 is 0. The van der Waals surface area contributed by atoms with Crippen molar-refractivity contribution in [1.82, 2.24) is 15.2 Å². The summed E-state index contributed by atoms with van der Waals surface area (Å²) in [5, 5.41) is 2.36. The number of imide groups is 1. The van der Waals surface area contributed by atoms with Crippen molar-refractivity contribution in [2.75, 3.05) is 0 Å². The normalized spacial score (nSPS) is 24.0. The highest BCUT2D eigenvalue weighted by Crippen LogP contribution is 2.26. The predicted octanol–water partition coefficient (Wildman–Crippen LogP) is 1.30. The summed E-state index contributed by atoms with van der Waals surface area (Å²) >= 11 is 0. The molecule has 0 saturated carbocycles. The van der Waals surface area contributed by atoms with Gasteiger partial charge in [-0.1, -0.05) is 13.0 Å². The van der Waals surface area contributed by atoms with E-state index in [1.54, 1.807) is 24.2 Å². The zero-order valence-corrected chi connectivity index (χ0v) is 9.93. The Morgan fingerprint density at radius 2 is 2.24 bits per heavy atom. The second kappa shape index (κ2) is 4.16. The number of nitrogens with zero attached hydrogens (tertiary/aromatic N) is 2. The number of hydrogen-bond donors (Lipinski definition) is 1. The SMILES string of the molecule is CCC1(C)C(=O)NC(=O)N1Cc1cccnc1. The fourth-order valence-corrected chi connectivity index (χ4v) is 1.92. The Labute approximate surface area is 99.8 Å². The number of carbonyl (C=O) groups is 2. The minimum atomic E-state index is -0.757. The minimum Gasteiger partial charge on any atom is -0.306 e. The quantitative estimate of drug-likeness (QED) is 0.800. The standard InChI is InChI=1S/C12H15N3O2/c1-3-12(2)10(16)14-11(17)15(12)8-9-5-4-6-13-7-9/h4-7H,3,8H2,1-2H3,(H,14,16,17). The Bertz CT molecular complexity index is 446. The molecule has 1 aromatic heterocycles. The molecule has 90 valence electrons. The average Bonchev–Trinajstić information content (AvgIpc) is 2.55. The van der Waals surface area contributed by atoms with E-state index >= 15 is 0 Å². The fourth-order valence-electron chi connectivity index (χ4n) is 1.92. The maximum Gasteiger partial charge on any atom is 0.325 e. The molecule has 1 aliphatic heterocycles. The number of carbonyl (C=O) groups excluding carboxylic acids is 2. The lowest BCUT2D eigenvalue weighted by atomic mass is 9.97. The lowest BCUT2D eigenvalue weighted by molar-refractivity contribution is -0.126. The van der Waals surface area contributed by atoms with Crippen molar-refractivity contribution in [3.8, 4) is 0 Å². The maximum atomic E-state index is 11.7. The molecule has 1 aromatic rings. The molecule has 1 fully saturated rings. The summed E-state index contributed by atoms with van der Waals surface area (Å²) in [5.41, 5.74) is 0.157. The monoisotopic (exact) mass is 233 g/mol. The molecule has 3 amide bonds. The van der Waals surface area contributed by atoms with Gasteiger partial charge in [0.1, 0.15) is 5.54 Å². The van der Waals surface area contributed by atoms with Crippen LogP contribution in [0.15, 0.2) is 24.5 Å².